The fraction of sp³-hybridized carbons (Fsp3) is 0.556. The molecule has 2 rings (SSSR count). The molecule has 6 heteroatoms. The zero-order chi connectivity index (χ0) is 17.5. The molecule has 0 radical (unpaired) electrons. The van der Waals surface area contributed by atoms with E-state index in [1.807, 2.05) is 32.0 Å². The largest absolute Gasteiger partial charge is 0.383 e. The smallest absolute Gasteiger partial charge is 0.313 e. The Bertz CT molecular complexity index is 589. The zero-order valence-corrected chi connectivity index (χ0v) is 14.7. The summed E-state index contributed by atoms with van der Waals surface area (Å²) >= 11 is 0. The molecular weight excluding hydrogens is 306 g/mol. The molecule has 0 bridgehead atoms. The minimum absolute atomic E-state index is 0.00738. The lowest BCUT2D eigenvalue weighted by Crippen LogP contribution is -2.50. The highest BCUT2D eigenvalue weighted by molar-refractivity contribution is 6.39. The summed E-state index contributed by atoms with van der Waals surface area (Å²) in [6.07, 6.45) is 1.90. The van der Waals surface area contributed by atoms with Gasteiger partial charge in [-0.1, -0.05) is 17.7 Å². The molecule has 1 unspecified atom stereocenters. The Morgan fingerprint density at radius 3 is 2.79 bits per heavy atom. The number of amides is 2. The van der Waals surface area contributed by atoms with Crippen LogP contribution in [-0.4, -0.2) is 56.1 Å². The van der Waals surface area contributed by atoms with E-state index >= 15 is 0 Å². The van der Waals surface area contributed by atoms with Crippen molar-refractivity contribution in [3.8, 4) is 0 Å². The number of anilines is 1. The van der Waals surface area contributed by atoms with E-state index in [0.29, 0.717) is 12.3 Å². The van der Waals surface area contributed by atoms with Gasteiger partial charge in [-0.25, -0.2) is 0 Å². The second kappa shape index (κ2) is 8.80. The van der Waals surface area contributed by atoms with Gasteiger partial charge in [-0.05, 0) is 44.9 Å². The molecule has 1 aliphatic heterocycles. The highest BCUT2D eigenvalue weighted by Crippen LogP contribution is 2.16. The fourth-order valence-electron chi connectivity index (χ4n) is 2.98. The van der Waals surface area contributed by atoms with E-state index in [9.17, 15) is 9.59 Å². The van der Waals surface area contributed by atoms with E-state index in [2.05, 4.69) is 15.5 Å². The van der Waals surface area contributed by atoms with Crippen LogP contribution in [0.1, 0.15) is 24.0 Å². The Labute approximate surface area is 143 Å². The molecule has 1 aliphatic rings. The summed E-state index contributed by atoms with van der Waals surface area (Å²) in [6.45, 7) is 7.18. The van der Waals surface area contributed by atoms with Gasteiger partial charge in [-0.15, -0.1) is 0 Å². The topological polar surface area (TPSA) is 70.7 Å². The number of ether oxygens (including phenoxy) is 1. The van der Waals surface area contributed by atoms with Crippen molar-refractivity contribution in [1.29, 1.82) is 0 Å². The lowest BCUT2D eigenvalue weighted by molar-refractivity contribution is -0.136. The minimum atomic E-state index is -0.615. The normalized spacial score (nSPS) is 18.2. The van der Waals surface area contributed by atoms with Gasteiger partial charge in [-0.3, -0.25) is 14.5 Å². The lowest BCUT2D eigenvalue weighted by atomic mass is 10.1. The van der Waals surface area contributed by atoms with Crippen LogP contribution < -0.4 is 10.6 Å². The van der Waals surface area contributed by atoms with Gasteiger partial charge in [0, 0.05) is 31.9 Å². The van der Waals surface area contributed by atoms with Gasteiger partial charge >= 0.3 is 11.8 Å². The SMILES string of the molecule is COCCN1CCCC(NC(=O)C(=O)Nc2ccc(C)cc2C)C1. The molecule has 1 aromatic carbocycles. The Morgan fingerprint density at radius 1 is 1.29 bits per heavy atom. The highest BCUT2D eigenvalue weighted by atomic mass is 16.5. The Kier molecular flexibility index (Phi) is 6.75. The van der Waals surface area contributed by atoms with Crippen LogP contribution in [-0.2, 0) is 14.3 Å². The number of likely N-dealkylation sites (tertiary alicyclic amines) is 1. The first-order valence-corrected chi connectivity index (χ1v) is 8.40. The third-order valence-electron chi connectivity index (χ3n) is 4.29. The van der Waals surface area contributed by atoms with E-state index in [1.165, 1.54) is 0 Å². The molecule has 0 aliphatic carbocycles. The quantitative estimate of drug-likeness (QED) is 0.801. The molecule has 0 aromatic heterocycles. The van der Waals surface area contributed by atoms with Gasteiger partial charge in [0.1, 0.15) is 0 Å². The molecule has 1 atom stereocenters. The average molecular weight is 333 g/mol. The number of nitrogens with zero attached hydrogens (tertiary/aromatic N) is 1. The van der Waals surface area contributed by atoms with Gasteiger partial charge < -0.3 is 15.4 Å². The number of piperidine rings is 1. The summed E-state index contributed by atoms with van der Waals surface area (Å²) in [7, 11) is 1.68. The summed E-state index contributed by atoms with van der Waals surface area (Å²) in [6, 6.07) is 5.72. The molecule has 1 saturated heterocycles. The number of hydrogen-bond donors (Lipinski definition) is 2. The summed E-state index contributed by atoms with van der Waals surface area (Å²) < 4.78 is 5.09. The molecule has 0 spiro atoms. The molecule has 0 saturated carbocycles. The van der Waals surface area contributed by atoms with Crippen LogP contribution in [0.4, 0.5) is 5.69 Å². The second-order valence-corrected chi connectivity index (χ2v) is 6.38. The van der Waals surface area contributed by atoms with E-state index in [0.717, 1.165) is 43.6 Å². The molecule has 24 heavy (non-hydrogen) atoms. The Morgan fingerprint density at radius 2 is 2.08 bits per heavy atom. The number of methoxy groups -OCH3 is 1. The first-order chi connectivity index (χ1) is 11.5. The maximum absolute atomic E-state index is 12.1. The maximum Gasteiger partial charge on any atom is 0.313 e. The molecule has 6 nitrogen and oxygen atoms in total. The number of rotatable bonds is 5. The minimum Gasteiger partial charge on any atom is -0.383 e. The summed E-state index contributed by atoms with van der Waals surface area (Å²) in [5, 5.41) is 5.53. The van der Waals surface area contributed by atoms with Crippen molar-refractivity contribution in [2.45, 2.75) is 32.7 Å². The van der Waals surface area contributed by atoms with Crippen LogP contribution in [0.5, 0.6) is 0 Å². The third kappa shape index (κ3) is 5.32. The van der Waals surface area contributed by atoms with Crippen molar-refractivity contribution in [1.82, 2.24) is 10.2 Å². The van der Waals surface area contributed by atoms with Crippen LogP contribution in [0.2, 0.25) is 0 Å². The van der Waals surface area contributed by atoms with Crippen molar-refractivity contribution >= 4 is 17.5 Å². The predicted molar refractivity (Wildman–Crippen MR) is 94.0 cm³/mol. The first kappa shape index (κ1) is 18.4. The zero-order valence-electron chi connectivity index (χ0n) is 14.7. The van der Waals surface area contributed by atoms with Crippen LogP contribution in [0.3, 0.4) is 0 Å². The van der Waals surface area contributed by atoms with Crippen molar-refractivity contribution in [2.75, 3.05) is 38.7 Å². The number of carbonyl (C=O) groups is 2. The molecule has 1 heterocycles. The summed E-state index contributed by atoms with van der Waals surface area (Å²) in [4.78, 5) is 26.5. The maximum atomic E-state index is 12.1. The average Bonchev–Trinajstić information content (AvgIpc) is 2.55. The molecule has 2 N–H and O–H groups in total. The van der Waals surface area contributed by atoms with E-state index in [-0.39, 0.29) is 6.04 Å². The first-order valence-electron chi connectivity index (χ1n) is 8.40. The van der Waals surface area contributed by atoms with Crippen molar-refractivity contribution in [3.63, 3.8) is 0 Å². The molecular formula is C18H27N3O3. The number of nitrogens with one attached hydrogen (secondary N) is 2. The van der Waals surface area contributed by atoms with E-state index < -0.39 is 11.8 Å². The second-order valence-electron chi connectivity index (χ2n) is 6.38. The molecule has 1 aromatic rings. The highest BCUT2D eigenvalue weighted by Gasteiger charge is 2.24. The van der Waals surface area contributed by atoms with Gasteiger partial charge in [0.25, 0.3) is 0 Å². The lowest BCUT2D eigenvalue weighted by Gasteiger charge is -2.32. The summed E-state index contributed by atoms with van der Waals surface area (Å²) in [5.41, 5.74) is 2.74. The number of carbonyl (C=O) groups excluding carboxylic acids is 2. The standard InChI is InChI=1S/C18H27N3O3/c1-13-6-7-16(14(2)11-13)20-18(23)17(22)19-15-5-4-8-21(12-15)9-10-24-3/h6-7,11,15H,4-5,8-10,12H2,1-3H3,(H,19,22)(H,20,23). The third-order valence-corrected chi connectivity index (χ3v) is 4.29. The van der Waals surface area contributed by atoms with Gasteiger partial charge in [0.15, 0.2) is 0 Å². The molecule has 132 valence electrons. The predicted octanol–water partition coefficient (Wildman–Crippen LogP) is 1.47. The van der Waals surface area contributed by atoms with Crippen molar-refractivity contribution < 1.29 is 14.3 Å². The van der Waals surface area contributed by atoms with Gasteiger partial charge in [-0.2, -0.15) is 0 Å². The van der Waals surface area contributed by atoms with Crippen LogP contribution in [0, 0.1) is 13.8 Å². The molecule has 2 amide bonds. The summed E-state index contributed by atoms with van der Waals surface area (Å²) in [5.74, 6) is -1.19. The van der Waals surface area contributed by atoms with E-state index in [4.69, 9.17) is 4.74 Å². The molecule has 1 fully saturated rings. The monoisotopic (exact) mass is 333 g/mol. The Balaban J connectivity index is 1.85. The van der Waals surface area contributed by atoms with Crippen molar-refractivity contribution in [3.05, 3.63) is 29.3 Å². The van der Waals surface area contributed by atoms with Crippen LogP contribution in [0.15, 0.2) is 18.2 Å². The fourth-order valence-corrected chi connectivity index (χ4v) is 2.98. The van der Waals surface area contributed by atoms with Gasteiger partial charge in [0.2, 0.25) is 0 Å². The number of benzene rings is 1. The van der Waals surface area contributed by atoms with Gasteiger partial charge in [0.05, 0.1) is 6.61 Å². The Hall–Kier alpha value is -1.92. The van der Waals surface area contributed by atoms with Crippen LogP contribution >= 0.6 is 0 Å². The van der Waals surface area contributed by atoms with Crippen LogP contribution in [0.25, 0.3) is 0 Å². The van der Waals surface area contributed by atoms with Crippen molar-refractivity contribution in [2.24, 2.45) is 0 Å². The number of hydrogen-bond acceptors (Lipinski definition) is 4. The van der Waals surface area contributed by atoms with E-state index in [1.54, 1.807) is 7.11 Å². The number of aryl methyl sites for hydroxylation is 2.